The average Bonchev–Trinajstić information content (AvgIpc) is 3.57. The van der Waals surface area contributed by atoms with Gasteiger partial charge in [0.05, 0.1) is 5.56 Å². The molecule has 3 aliphatic rings. The molecule has 1 aromatic carbocycles. The standard InChI is InChI=1S/C21H19F6N5O2/c22-20(23,24)8-2-9-32-17-15(18(33)31(19(34)29-17)10-7-12-5-6-12)28-16(30-32)13-3-1-4-14(11-13)21(25,26)27/h1,3-4,11-12H,2,5-10H2. The Balaban J connectivity index is 1.82. The molecule has 13 heteroatoms. The first-order valence-electron chi connectivity index (χ1n) is 10.6. The van der Waals surface area contributed by atoms with Gasteiger partial charge in [0.15, 0.2) is 17.3 Å². The minimum Gasteiger partial charge on any atom is -0.267 e. The van der Waals surface area contributed by atoms with E-state index >= 15 is 0 Å². The van der Waals surface area contributed by atoms with Crippen molar-refractivity contribution in [2.45, 2.75) is 57.5 Å². The smallest absolute Gasteiger partial charge is 0.267 e. The fourth-order valence-corrected chi connectivity index (χ4v) is 3.54. The van der Waals surface area contributed by atoms with Crippen molar-refractivity contribution in [3.8, 4) is 22.9 Å². The van der Waals surface area contributed by atoms with Crippen LogP contribution < -0.4 is 11.2 Å². The Hall–Kier alpha value is -3.25. The molecular weight excluding hydrogens is 468 g/mol. The molecule has 0 spiro atoms. The average molecular weight is 487 g/mol. The summed E-state index contributed by atoms with van der Waals surface area (Å²) in [4.78, 5) is 33.4. The molecule has 7 nitrogen and oxygen atoms in total. The first-order chi connectivity index (χ1) is 15.9. The van der Waals surface area contributed by atoms with E-state index in [9.17, 15) is 35.9 Å². The molecule has 0 atom stereocenters. The minimum atomic E-state index is -4.65. The van der Waals surface area contributed by atoms with Gasteiger partial charge < -0.3 is 0 Å². The lowest BCUT2D eigenvalue weighted by molar-refractivity contribution is -0.137. The molecule has 0 radical (unpaired) electrons. The second-order valence-electron chi connectivity index (χ2n) is 8.21. The fraction of sp³-hybridized carbons (Fsp3) is 0.476. The number of hydrogen-bond acceptors (Lipinski definition) is 5. The number of benzene rings is 1. The van der Waals surface area contributed by atoms with E-state index in [4.69, 9.17) is 0 Å². The third kappa shape index (κ3) is 5.45. The second kappa shape index (κ2) is 8.84. The van der Waals surface area contributed by atoms with E-state index in [1.54, 1.807) is 0 Å². The lowest BCUT2D eigenvalue weighted by Gasteiger charge is -2.16. The highest BCUT2D eigenvalue weighted by Crippen LogP contribution is 2.33. The zero-order valence-corrected chi connectivity index (χ0v) is 17.7. The van der Waals surface area contributed by atoms with Gasteiger partial charge in [-0.1, -0.05) is 25.0 Å². The summed E-state index contributed by atoms with van der Waals surface area (Å²) in [6.45, 7) is -0.273. The molecule has 0 saturated heterocycles. The Labute approximate surface area is 188 Å². The molecule has 0 unspecified atom stereocenters. The summed E-state index contributed by atoms with van der Waals surface area (Å²) >= 11 is 0. The molecule has 34 heavy (non-hydrogen) atoms. The Kier molecular flexibility index (Phi) is 6.21. The van der Waals surface area contributed by atoms with Crippen molar-refractivity contribution in [2.75, 3.05) is 0 Å². The van der Waals surface area contributed by atoms with E-state index < -0.39 is 42.0 Å². The van der Waals surface area contributed by atoms with Crippen LogP contribution in [0.15, 0.2) is 33.9 Å². The van der Waals surface area contributed by atoms with Crippen LogP contribution in [0.4, 0.5) is 26.3 Å². The van der Waals surface area contributed by atoms with Crippen LogP contribution in [-0.4, -0.2) is 30.5 Å². The van der Waals surface area contributed by atoms with Gasteiger partial charge in [-0.3, -0.25) is 9.36 Å². The SMILES string of the molecule is O=c1nc2n(CCCC(F)(F)F)nc(-c3cccc(C(F)(F)F)c3)nc-2c(=O)n1CCC1CC1. The number of halogens is 6. The van der Waals surface area contributed by atoms with Crippen LogP contribution in [0.2, 0.25) is 0 Å². The van der Waals surface area contributed by atoms with Crippen molar-refractivity contribution >= 4 is 0 Å². The topological polar surface area (TPSA) is 82.7 Å². The third-order valence-electron chi connectivity index (χ3n) is 5.51. The van der Waals surface area contributed by atoms with Crippen LogP contribution >= 0.6 is 0 Å². The molecule has 2 aliphatic heterocycles. The summed E-state index contributed by atoms with van der Waals surface area (Å²) in [5, 5.41) is 4.03. The Morgan fingerprint density at radius 1 is 1.00 bits per heavy atom. The van der Waals surface area contributed by atoms with Gasteiger partial charge in [0.25, 0.3) is 5.56 Å². The first kappa shape index (κ1) is 23.9. The maximum absolute atomic E-state index is 13.2. The van der Waals surface area contributed by atoms with Crippen molar-refractivity contribution in [3.63, 3.8) is 0 Å². The Morgan fingerprint density at radius 2 is 1.74 bits per heavy atom. The van der Waals surface area contributed by atoms with Gasteiger partial charge in [0.1, 0.15) is 0 Å². The van der Waals surface area contributed by atoms with E-state index in [0.717, 1.165) is 40.3 Å². The fourth-order valence-electron chi connectivity index (χ4n) is 3.54. The number of rotatable bonds is 7. The lowest BCUT2D eigenvalue weighted by atomic mass is 10.1. The molecule has 182 valence electrons. The van der Waals surface area contributed by atoms with E-state index in [-0.39, 0.29) is 36.0 Å². The Morgan fingerprint density at radius 3 is 2.38 bits per heavy atom. The molecule has 1 aromatic rings. The number of hydrogen-bond donors (Lipinski definition) is 0. The third-order valence-corrected chi connectivity index (χ3v) is 5.51. The lowest BCUT2D eigenvalue weighted by Crippen LogP contribution is -2.39. The maximum atomic E-state index is 13.2. The predicted octanol–water partition coefficient (Wildman–Crippen LogP) is 4.13. The first-order valence-corrected chi connectivity index (χ1v) is 10.6. The van der Waals surface area contributed by atoms with E-state index in [1.165, 1.54) is 6.07 Å². The van der Waals surface area contributed by atoms with E-state index in [2.05, 4.69) is 15.1 Å². The van der Waals surface area contributed by atoms with Gasteiger partial charge in [-0.2, -0.15) is 36.4 Å². The summed E-state index contributed by atoms with van der Waals surface area (Å²) in [7, 11) is 0. The number of aryl methyl sites for hydroxylation is 1. The number of fused-ring (bicyclic) bond motifs is 1. The quantitative estimate of drug-likeness (QED) is 0.468. The maximum Gasteiger partial charge on any atom is 0.416 e. The summed E-state index contributed by atoms with van der Waals surface area (Å²) in [5.41, 5.74) is -3.09. The highest BCUT2D eigenvalue weighted by atomic mass is 19.4. The van der Waals surface area contributed by atoms with Gasteiger partial charge in [-0.05, 0) is 30.9 Å². The Bertz CT molecular complexity index is 1280. The summed E-state index contributed by atoms with van der Waals surface area (Å²) in [5.74, 6) is -0.201. The summed E-state index contributed by atoms with van der Waals surface area (Å²) in [6, 6.07) is 4.05. The molecule has 0 N–H and O–H groups in total. The van der Waals surface area contributed by atoms with Gasteiger partial charge in [0, 0.05) is 25.1 Å². The number of nitrogens with zero attached hydrogens (tertiary/aromatic N) is 5. The molecule has 1 aliphatic carbocycles. The molecule has 0 amide bonds. The number of aromatic nitrogens is 5. The van der Waals surface area contributed by atoms with Crippen molar-refractivity contribution in [1.82, 2.24) is 24.3 Å². The van der Waals surface area contributed by atoms with E-state index in [1.807, 2.05) is 0 Å². The van der Waals surface area contributed by atoms with Gasteiger partial charge >= 0.3 is 18.0 Å². The molecule has 1 fully saturated rings. The van der Waals surface area contributed by atoms with Crippen LogP contribution in [0.25, 0.3) is 22.9 Å². The van der Waals surface area contributed by atoms with Gasteiger partial charge in [0.2, 0.25) is 0 Å². The van der Waals surface area contributed by atoms with Crippen LogP contribution in [0, 0.1) is 5.92 Å². The number of alkyl halides is 6. The van der Waals surface area contributed by atoms with Crippen LogP contribution in [0.1, 0.15) is 37.7 Å². The van der Waals surface area contributed by atoms with Crippen molar-refractivity contribution in [2.24, 2.45) is 5.92 Å². The molecule has 1 saturated carbocycles. The van der Waals surface area contributed by atoms with Crippen molar-refractivity contribution in [1.29, 1.82) is 0 Å². The van der Waals surface area contributed by atoms with Crippen LogP contribution in [-0.2, 0) is 19.3 Å². The monoisotopic (exact) mass is 487 g/mol. The molecule has 0 aromatic heterocycles. The largest absolute Gasteiger partial charge is 0.416 e. The van der Waals surface area contributed by atoms with Gasteiger partial charge in [-0.15, -0.1) is 0 Å². The van der Waals surface area contributed by atoms with Crippen molar-refractivity contribution < 1.29 is 26.3 Å². The normalized spacial score (nSPS) is 14.6. The zero-order valence-electron chi connectivity index (χ0n) is 17.7. The minimum absolute atomic E-state index is 0.0866. The second-order valence-corrected chi connectivity index (χ2v) is 8.21. The zero-order chi connectivity index (χ0) is 24.7. The molecule has 2 heterocycles. The van der Waals surface area contributed by atoms with Crippen LogP contribution in [0.5, 0.6) is 0 Å². The summed E-state index contributed by atoms with van der Waals surface area (Å²) < 4.78 is 79.2. The van der Waals surface area contributed by atoms with E-state index in [0.29, 0.717) is 12.3 Å². The predicted molar refractivity (Wildman–Crippen MR) is 108 cm³/mol. The van der Waals surface area contributed by atoms with Gasteiger partial charge in [-0.25, -0.2) is 14.5 Å². The summed E-state index contributed by atoms with van der Waals surface area (Å²) in [6.07, 6.45) is -8.13. The molecular formula is C21H19F6N5O2. The molecule has 0 bridgehead atoms. The highest BCUT2D eigenvalue weighted by Gasteiger charge is 2.31. The van der Waals surface area contributed by atoms with Crippen molar-refractivity contribution in [3.05, 3.63) is 50.7 Å². The van der Waals surface area contributed by atoms with Crippen LogP contribution in [0.3, 0.4) is 0 Å². The highest BCUT2D eigenvalue weighted by molar-refractivity contribution is 5.60. The molecule has 4 rings (SSSR count).